The highest BCUT2D eigenvalue weighted by molar-refractivity contribution is 6.30. The molecule has 1 aromatic carbocycles. The molecule has 25 heavy (non-hydrogen) atoms. The van der Waals surface area contributed by atoms with Crippen LogP contribution in [0.15, 0.2) is 28.7 Å². The molecular weight excluding hydrogens is 344 g/mol. The fraction of sp³-hybridized carbons (Fsp3) is 0.412. The van der Waals surface area contributed by atoms with Gasteiger partial charge in [0.05, 0.1) is 0 Å². The van der Waals surface area contributed by atoms with E-state index in [1.807, 2.05) is 13.8 Å². The van der Waals surface area contributed by atoms with E-state index >= 15 is 0 Å². The monoisotopic (exact) mass is 362 g/mol. The van der Waals surface area contributed by atoms with Gasteiger partial charge in [-0.15, -0.1) is 10.2 Å². The fourth-order valence-electron chi connectivity index (χ4n) is 2.61. The highest BCUT2D eigenvalue weighted by Gasteiger charge is 2.28. The Morgan fingerprint density at radius 2 is 1.72 bits per heavy atom. The summed E-state index contributed by atoms with van der Waals surface area (Å²) < 4.78 is 5.41. The standard InChI is InChI=1S/C17H19ClN4O3/c1-11(2)14-19-20-15(25-14)17(24)22-8-6-21(7-9-22)16(23)12-4-3-5-13(18)10-12/h3-5,10-11H,6-9H2,1-2H3. The normalized spacial score (nSPS) is 14.9. The van der Waals surface area contributed by atoms with Crippen LogP contribution in [0.2, 0.25) is 5.02 Å². The molecule has 1 aliphatic heterocycles. The Labute approximate surface area is 150 Å². The maximum absolute atomic E-state index is 12.5. The van der Waals surface area contributed by atoms with Crippen LogP contribution in [0.5, 0.6) is 0 Å². The number of carbonyl (C=O) groups excluding carboxylic acids is 2. The number of amides is 2. The zero-order valence-corrected chi connectivity index (χ0v) is 14.9. The van der Waals surface area contributed by atoms with Crippen LogP contribution in [0.4, 0.5) is 0 Å². The Hall–Kier alpha value is -2.41. The molecule has 7 nitrogen and oxygen atoms in total. The van der Waals surface area contributed by atoms with Gasteiger partial charge in [-0.05, 0) is 18.2 Å². The largest absolute Gasteiger partial charge is 0.417 e. The van der Waals surface area contributed by atoms with E-state index in [-0.39, 0.29) is 23.6 Å². The summed E-state index contributed by atoms with van der Waals surface area (Å²) in [6.07, 6.45) is 0. The lowest BCUT2D eigenvalue weighted by Crippen LogP contribution is -2.50. The average Bonchev–Trinajstić information content (AvgIpc) is 3.11. The second kappa shape index (κ2) is 7.23. The predicted molar refractivity (Wildman–Crippen MR) is 91.6 cm³/mol. The van der Waals surface area contributed by atoms with E-state index in [0.717, 1.165) is 0 Å². The zero-order chi connectivity index (χ0) is 18.0. The minimum absolute atomic E-state index is 0.00156. The third kappa shape index (κ3) is 3.82. The van der Waals surface area contributed by atoms with Crippen molar-refractivity contribution < 1.29 is 14.0 Å². The van der Waals surface area contributed by atoms with Crippen molar-refractivity contribution in [3.63, 3.8) is 0 Å². The molecule has 3 rings (SSSR count). The topological polar surface area (TPSA) is 79.5 Å². The van der Waals surface area contributed by atoms with Crippen LogP contribution in [0, 0.1) is 0 Å². The van der Waals surface area contributed by atoms with Gasteiger partial charge in [-0.3, -0.25) is 9.59 Å². The number of piperazine rings is 1. The van der Waals surface area contributed by atoms with Crippen molar-refractivity contribution in [1.82, 2.24) is 20.0 Å². The minimum Gasteiger partial charge on any atom is -0.417 e. The van der Waals surface area contributed by atoms with Crippen molar-refractivity contribution in [1.29, 1.82) is 0 Å². The second-order valence-corrected chi connectivity index (χ2v) is 6.63. The van der Waals surface area contributed by atoms with Crippen LogP contribution >= 0.6 is 11.6 Å². The molecule has 0 spiro atoms. The smallest absolute Gasteiger partial charge is 0.311 e. The first-order valence-corrected chi connectivity index (χ1v) is 8.51. The van der Waals surface area contributed by atoms with Crippen molar-refractivity contribution >= 4 is 23.4 Å². The number of hydrogen-bond donors (Lipinski definition) is 0. The van der Waals surface area contributed by atoms with Gasteiger partial charge in [0, 0.05) is 42.7 Å². The summed E-state index contributed by atoms with van der Waals surface area (Å²) in [7, 11) is 0. The summed E-state index contributed by atoms with van der Waals surface area (Å²) in [4.78, 5) is 28.3. The molecule has 1 aliphatic rings. The van der Waals surface area contributed by atoms with Crippen LogP contribution in [0.3, 0.4) is 0 Å². The lowest BCUT2D eigenvalue weighted by molar-refractivity contribution is 0.0512. The number of halogens is 1. The summed E-state index contributed by atoms with van der Waals surface area (Å²) in [5.41, 5.74) is 0.547. The lowest BCUT2D eigenvalue weighted by atomic mass is 10.2. The molecule has 0 radical (unpaired) electrons. The van der Waals surface area contributed by atoms with Gasteiger partial charge in [-0.25, -0.2) is 0 Å². The van der Waals surface area contributed by atoms with E-state index < -0.39 is 0 Å². The third-order valence-electron chi connectivity index (χ3n) is 4.04. The van der Waals surface area contributed by atoms with Crippen molar-refractivity contribution in [2.75, 3.05) is 26.2 Å². The van der Waals surface area contributed by atoms with Crippen LogP contribution in [0.1, 0.15) is 46.7 Å². The Morgan fingerprint density at radius 3 is 2.28 bits per heavy atom. The first-order chi connectivity index (χ1) is 12.0. The quantitative estimate of drug-likeness (QED) is 0.837. The van der Waals surface area contributed by atoms with Gasteiger partial charge in [0.25, 0.3) is 5.91 Å². The molecule has 0 N–H and O–H groups in total. The number of hydrogen-bond acceptors (Lipinski definition) is 5. The van der Waals surface area contributed by atoms with E-state index in [1.54, 1.807) is 34.1 Å². The van der Waals surface area contributed by atoms with Crippen LogP contribution in [-0.4, -0.2) is 58.0 Å². The van der Waals surface area contributed by atoms with Crippen molar-refractivity contribution in [2.45, 2.75) is 19.8 Å². The van der Waals surface area contributed by atoms with Crippen molar-refractivity contribution in [3.8, 4) is 0 Å². The minimum atomic E-state index is -0.297. The highest BCUT2D eigenvalue weighted by Crippen LogP contribution is 2.16. The third-order valence-corrected chi connectivity index (χ3v) is 4.28. The number of rotatable bonds is 3. The molecule has 0 unspecified atom stereocenters. The average molecular weight is 363 g/mol. The first-order valence-electron chi connectivity index (χ1n) is 8.13. The molecule has 2 aromatic rings. The predicted octanol–water partition coefficient (Wildman–Crippen LogP) is 2.44. The van der Waals surface area contributed by atoms with Crippen LogP contribution < -0.4 is 0 Å². The zero-order valence-electron chi connectivity index (χ0n) is 14.1. The number of aromatic nitrogens is 2. The Morgan fingerprint density at radius 1 is 1.08 bits per heavy atom. The molecule has 1 saturated heterocycles. The van der Waals surface area contributed by atoms with Gasteiger partial charge in [0.15, 0.2) is 0 Å². The SMILES string of the molecule is CC(C)c1nnc(C(=O)N2CCN(C(=O)c3cccc(Cl)c3)CC2)o1. The molecule has 2 amide bonds. The number of carbonyl (C=O) groups is 2. The molecule has 0 saturated carbocycles. The summed E-state index contributed by atoms with van der Waals surface area (Å²) in [5.74, 6) is 0.126. The van der Waals surface area contributed by atoms with Gasteiger partial charge >= 0.3 is 11.8 Å². The number of nitrogens with zero attached hydrogens (tertiary/aromatic N) is 4. The Balaban J connectivity index is 1.61. The molecule has 1 fully saturated rings. The van der Waals surface area contributed by atoms with Gasteiger partial charge in [0.1, 0.15) is 0 Å². The van der Waals surface area contributed by atoms with Crippen molar-refractivity contribution in [2.24, 2.45) is 0 Å². The van der Waals surface area contributed by atoms with E-state index in [2.05, 4.69) is 10.2 Å². The van der Waals surface area contributed by atoms with E-state index in [1.165, 1.54) is 0 Å². The molecular formula is C17H19ClN4O3. The van der Waals surface area contributed by atoms with Gasteiger partial charge < -0.3 is 14.2 Å². The molecule has 1 aromatic heterocycles. The summed E-state index contributed by atoms with van der Waals surface area (Å²) in [5, 5.41) is 8.23. The van der Waals surface area contributed by atoms with Gasteiger partial charge in [-0.2, -0.15) is 0 Å². The Kier molecular flexibility index (Phi) is 5.03. The van der Waals surface area contributed by atoms with Crippen LogP contribution in [0.25, 0.3) is 0 Å². The summed E-state index contributed by atoms with van der Waals surface area (Å²) >= 11 is 5.94. The molecule has 8 heteroatoms. The fourth-order valence-corrected chi connectivity index (χ4v) is 2.80. The maximum atomic E-state index is 12.5. The summed E-state index contributed by atoms with van der Waals surface area (Å²) in [6.45, 7) is 5.57. The first kappa shape index (κ1) is 17.4. The van der Waals surface area contributed by atoms with E-state index in [0.29, 0.717) is 42.7 Å². The highest BCUT2D eigenvalue weighted by atomic mass is 35.5. The number of benzene rings is 1. The molecule has 2 heterocycles. The van der Waals surface area contributed by atoms with Crippen molar-refractivity contribution in [3.05, 3.63) is 46.6 Å². The molecule has 0 atom stereocenters. The maximum Gasteiger partial charge on any atom is 0.311 e. The van der Waals surface area contributed by atoms with Gasteiger partial charge in [-0.1, -0.05) is 31.5 Å². The second-order valence-electron chi connectivity index (χ2n) is 6.19. The van der Waals surface area contributed by atoms with Gasteiger partial charge in [0.2, 0.25) is 5.89 Å². The molecule has 0 aliphatic carbocycles. The van der Waals surface area contributed by atoms with E-state index in [4.69, 9.17) is 16.0 Å². The summed E-state index contributed by atoms with van der Waals surface area (Å²) in [6, 6.07) is 6.85. The van der Waals surface area contributed by atoms with Crippen LogP contribution in [-0.2, 0) is 0 Å². The molecule has 132 valence electrons. The van der Waals surface area contributed by atoms with E-state index in [9.17, 15) is 9.59 Å². The Bertz CT molecular complexity index is 782. The lowest BCUT2D eigenvalue weighted by Gasteiger charge is -2.34. The molecule has 0 bridgehead atoms.